The normalized spacial score (nSPS) is 12.3. The number of rotatable bonds is 6. The summed E-state index contributed by atoms with van der Waals surface area (Å²) >= 11 is 0. The van der Waals surface area contributed by atoms with Crippen LogP contribution in [0.25, 0.3) is 106 Å². The quantitative estimate of drug-likeness (QED) is 0.159. The Kier molecular flexibility index (Phi) is 8.29. The molecule has 10 aromatic rings. The van der Waals surface area contributed by atoms with Crippen molar-refractivity contribution in [3.63, 3.8) is 0 Å². The number of hydrogen-bond donors (Lipinski definition) is 0. The van der Waals surface area contributed by atoms with E-state index in [0.29, 0.717) is 5.82 Å². The fourth-order valence-electron chi connectivity index (χ4n) is 8.64. The summed E-state index contributed by atoms with van der Waals surface area (Å²) < 4.78 is 0. The molecule has 0 aliphatic heterocycles. The molecule has 0 saturated heterocycles. The van der Waals surface area contributed by atoms with E-state index in [2.05, 4.69) is 187 Å². The number of allylic oxidation sites excluding steroid dienone is 1. The molecule has 0 fully saturated rings. The van der Waals surface area contributed by atoms with Crippen LogP contribution in [-0.2, 0) is 6.42 Å². The SMILES string of the molecule is C1=Cc2c(cncc2-c2ccc(-c3cc(-c4ccc(-c5ccccc5)cc4)nc(-c4ccc(-c5ccc6c7ccccc7c7ccccc7c6c5)cc4)n3)cc2)CC1. The van der Waals surface area contributed by atoms with Gasteiger partial charge in [-0.3, -0.25) is 4.98 Å². The van der Waals surface area contributed by atoms with Gasteiger partial charge in [0.15, 0.2) is 5.82 Å². The first-order valence-corrected chi connectivity index (χ1v) is 20.0. The third-order valence-corrected chi connectivity index (χ3v) is 11.7. The van der Waals surface area contributed by atoms with Crippen molar-refractivity contribution in [3.8, 4) is 67.3 Å². The van der Waals surface area contributed by atoms with E-state index in [4.69, 9.17) is 9.97 Å². The molecule has 0 spiro atoms. The summed E-state index contributed by atoms with van der Waals surface area (Å²) in [6.07, 6.45) is 10.6. The van der Waals surface area contributed by atoms with E-state index in [-0.39, 0.29) is 0 Å². The van der Waals surface area contributed by atoms with Crippen molar-refractivity contribution in [3.05, 3.63) is 206 Å². The van der Waals surface area contributed by atoms with E-state index in [1.54, 1.807) is 0 Å². The van der Waals surface area contributed by atoms with E-state index >= 15 is 0 Å². The number of hydrogen-bond acceptors (Lipinski definition) is 3. The number of nitrogens with zero attached hydrogens (tertiary/aromatic N) is 3. The molecule has 2 aromatic heterocycles. The molecule has 0 radical (unpaired) electrons. The Morgan fingerprint density at radius 2 is 0.845 bits per heavy atom. The van der Waals surface area contributed by atoms with Crippen LogP contribution < -0.4 is 0 Å². The maximum Gasteiger partial charge on any atom is 0.160 e. The van der Waals surface area contributed by atoms with E-state index in [0.717, 1.165) is 57.6 Å². The largest absolute Gasteiger partial charge is 0.264 e. The summed E-state index contributed by atoms with van der Waals surface area (Å²) in [5.41, 5.74) is 14.4. The van der Waals surface area contributed by atoms with Crippen LogP contribution >= 0.6 is 0 Å². The molecule has 3 heteroatoms. The lowest BCUT2D eigenvalue weighted by Gasteiger charge is -2.15. The van der Waals surface area contributed by atoms with Gasteiger partial charge in [0, 0.05) is 34.6 Å². The molecule has 0 amide bonds. The highest BCUT2D eigenvalue weighted by molar-refractivity contribution is 6.25. The Hall–Kier alpha value is -7.49. The summed E-state index contributed by atoms with van der Waals surface area (Å²) in [5, 5.41) is 7.66. The van der Waals surface area contributed by atoms with E-state index in [9.17, 15) is 0 Å². The fraction of sp³-hybridized carbons (Fsp3) is 0.0364. The molecule has 58 heavy (non-hydrogen) atoms. The molecular formula is C55H37N3. The van der Waals surface area contributed by atoms with Crippen LogP contribution in [0.1, 0.15) is 17.5 Å². The Labute approximate surface area is 337 Å². The Morgan fingerprint density at radius 3 is 1.48 bits per heavy atom. The van der Waals surface area contributed by atoms with Crippen LogP contribution in [0.15, 0.2) is 194 Å². The molecular weight excluding hydrogens is 703 g/mol. The highest BCUT2D eigenvalue weighted by atomic mass is 14.9. The van der Waals surface area contributed by atoms with Gasteiger partial charge in [0.1, 0.15) is 0 Å². The monoisotopic (exact) mass is 739 g/mol. The topological polar surface area (TPSA) is 38.7 Å². The minimum absolute atomic E-state index is 0.692. The Morgan fingerprint density at radius 1 is 0.362 bits per heavy atom. The molecule has 272 valence electrons. The van der Waals surface area contributed by atoms with Gasteiger partial charge in [-0.2, -0.15) is 0 Å². The second kappa shape index (κ2) is 14.2. The predicted octanol–water partition coefficient (Wildman–Crippen LogP) is 14.3. The van der Waals surface area contributed by atoms with Gasteiger partial charge in [-0.05, 0) is 96.2 Å². The molecule has 8 aromatic carbocycles. The zero-order valence-electron chi connectivity index (χ0n) is 31.8. The number of aryl methyl sites for hydroxylation is 1. The summed E-state index contributed by atoms with van der Waals surface area (Å²) in [5.74, 6) is 0.692. The van der Waals surface area contributed by atoms with Gasteiger partial charge in [0.2, 0.25) is 0 Å². The fourth-order valence-corrected chi connectivity index (χ4v) is 8.64. The zero-order chi connectivity index (χ0) is 38.4. The number of fused-ring (bicyclic) bond motifs is 7. The molecule has 11 rings (SSSR count). The first-order valence-electron chi connectivity index (χ1n) is 20.0. The molecule has 1 aliphatic rings. The van der Waals surface area contributed by atoms with Crippen molar-refractivity contribution >= 4 is 38.4 Å². The first-order chi connectivity index (χ1) is 28.7. The minimum Gasteiger partial charge on any atom is -0.264 e. The number of aromatic nitrogens is 3. The number of benzene rings is 8. The summed E-state index contributed by atoms with van der Waals surface area (Å²) in [4.78, 5) is 15.0. The molecule has 3 nitrogen and oxygen atoms in total. The molecule has 0 N–H and O–H groups in total. The van der Waals surface area contributed by atoms with Crippen molar-refractivity contribution in [2.45, 2.75) is 12.8 Å². The van der Waals surface area contributed by atoms with Gasteiger partial charge >= 0.3 is 0 Å². The summed E-state index contributed by atoms with van der Waals surface area (Å²) in [6.45, 7) is 0. The lowest BCUT2D eigenvalue weighted by Crippen LogP contribution is -1.98. The van der Waals surface area contributed by atoms with E-state index in [1.807, 2.05) is 18.5 Å². The van der Waals surface area contributed by atoms with Crippen LogP contribution in [-0.4, -0.2) is 15.0 Å². The van der Waals surface area contributed by atoms with Gasteiger partial charge in [-0.25, -0.2) is 9.97 Å². The maximum atomic E-state index is 5.21. The van der Waals surface area contributed by atoms with Crippen LogP contribution in [0.5, 0.6) is 0 Å². The standard InChI is InChI=1S/C55H37N3/c1-2-10-36(11-3-1)37-18-24-40(25-19-37)53-33-54(41-26-22-39(23-27-41)52-35-56-34-44-12-4-5-13-45(44)52)58-55(57-53)42-28-20-38(21-29-42)43-30-31-50-48-16-7-6-14-46(48)47-15-8-9-17-49(47)51(50)32-43/h1-3,5-11,13-35H,4,12H2. The minimum atomic E-state index is 0.692. The summed E-state index contributed by atoms with van der Waals surface area (Å²) in [6, 6.07) is 63.0. The van der Waals surface area contributed by atoms with Gasteiger partial charge in [-0.1, -0.05) is 176 Å². The molecule has 0 saturated carbocycles. The maximum absolute atomic E-state index is 5.21. The molecule has 0 atom stereocenters. The Bertz CT molecular complexity index is 3150. The second-order valence-electron chi connectivity index (χ2n) is 15.1. The van der Waals surface area contributed by atoms with Gasteiger partial charge in [0.25, 0.3) is 0 Å². The third kappa shape index (κ3) is 6.05. The second-order valence-corrected chi connectivity index (χ2v) is 15.1. The number of pyridine rings is 1. The molecule has 2 heterocycles. The van der Waals surface area contributed by atoms with Gasteiger partial charge < -0.3 is 0 Å². The van der Waals surface area contributed by atoms with Crippen LogP contribution in [0, 0.1) is 0 Å². The average Bonchev–Trinajstić information content (AvgIpc) is 3.31. The predicted molar refractivity (Wildman–Crippen MR) is 242 cm³/mol. The van der Waals surface area contributed by atoms with Crippen molar-refractivity contribution in [1.29, 1.82) is 0 Å². The average molecular weight is 740 g/mol. The van der Waals surface area contributed by atoms with Gasteiger partial charge in [-0.15, -0.1) is 0 Å². The van der Waals surface area contributed by atoms with Crippen molar-refractivity contribution in [1.82, 2.24) is 15.0 Å². The van der Waals surface area contributed by atoms with Crippen molar-refractivity contribution in [2.75, 3.05) is 0 Å². The van der Waals surface area contributed by atoms with Gasteiger partial charge in [0.05, 0.1) is 11.4 Å². The lowest BCUT2D eigenvalue weighted by atomic mass is 9.92. The van der Waals surface area contributed by atoms with Crippen LogP contribution in [0.2, 0.25) is 0 Å². The highest BCUT2D eigenvalue weighted by Crippen LogP contribution is 2.38. The van der Waals surface area contributed by atoms with Crippen LogP contribution in [0.3, 0.4) is 0 Å². The molecule has 0 bridgehead atoms. The van der Waals surface area contributed by atoms with E-state index in [1.165, 1.54) is 60.1 Å². The summed E-state index contributed by atoms with van der Waals surface area (Å²) in [7, 11) is 0. The zero-order valence-corrected chi connectivity index (χ0v) is 31.8. The Balaban J connectivity index is 0.983. The van der Waals surface area contributed by atoms with Crippen LogP contribution in [0.4, 0.5) is 0 Å². The third-order valence-electron chi connectivity index (χ3n) is 11.7. The van der Waals surface area contributed by atoms with E-state index < -0.39 is 0 Å². The lowest BCUT2D eigenvalue weighted by molar-refractivity contribution is 0.972. The molecule has 0 unspecified atom stereocenters. The smallest absolute Gasteiger partial charge is 0.160 e. The molecule has 1 aliphatic carbocycles. The van der Waals surface area contributed by atoms with Crippen molar-refractivity contribution < 1.29 is 0 Å². The highest BCUT2D eigenvalue weighted by Gasteiger charge is 2.15. The van der Waals surface area contributed by atoms with Crippen molar-refractivity contribution in [2.24, 2.45) is 0 Å². The first kappa shape index (κ1) is 33.8.